The first-order chi connectivity index (χ1) is 13.4. The summed E-state index contributed by atoms with van der Waals surface area (Å²) < 4.78 is 31.6. The molecule has 152 valence electrons. The van der Waals surface area contributed by atoms with Crippen LogP contribution in [-0.4, -0.2) is 75.0 Å². The van der Waals surface area contributed by atoms with Crippen molar-refractivity contribution in [2.24, 2.45) is 0 Å². The molecule has 0 aliphatic carbocycles. The third-order valence-corrected chi connectivity index (χ3v) is 7.83. The summed E-state index contributed by atoms with van der Waals surface area (Å²) in [5.74, 6) is -0.0879. The van der Waals surface area contributed by atoms with Gasteiger partial charge in [0.15, 0.2) is 4.34 Å². The molecule has 9 nitrogen and oxygen atoms in total. The average molecular weight is 444 g/mol. The van der Waals surface area contributed by atoms with Crippen LogP contribution >= 0.6 is 23.1 Å². The minimum atomic E-state index is -3.55. The molecule has 0 radical (unpaired) electrons. The van der Waals surface area contributed by atoms with Crippen molar-refractivity contribution in [3.8, 4) is 0 Å². The number of nitrogens with one attached hydrogen (secondary N) is 1. The van der Waals surface area contributed by atoms with Gasteiger partial charge in [0.05, 0.1) is 23.9 Å². The summed E-state index contributed by atoms with van der Waals surface area (Å²) in [5, 5.41) is 11.8. The second-order valence-electron chi connectivity index (χ2n) is 6.10. The van der Waals surface area contributed by atoms with Crippen molar-refractivity contribution < 1.29 is 17.9 Å². The van der Waals surface area contributed by atoms with Crippen LogP contribution in [0.4, 0.5) is 10.8 Å². The Balaban J connectivity index is 1.56. The van der Waals surface area contributed by atoms with Crippen molar-refractivity contribution in [1.82, 2.24) is 14.5 Å². The first kappa shape index (κ1) is 21.0. The predicted molar refractivity (Wildman–Crippen MR) is 110 cm³/mol. The Labute approximate surface area is 172 Å². The number of benzene rings is 1. The van der Waals surface area contributed by atoms with Crippen LogP contribution in [0.1, 0.15) is 0 Å². The summed E-state index contributed by atoms with van der Waals surface area (Å²) >= 11 is 2.74. The van der Waals surface area contributed by atoms with Gasteiger partial charge in [-0.3, -0.25) is 4.79 Å². The van der Waals surface area contributed by atoms with Gasteiger partial charge in [0.1, 0.15) is 0 Å². The van der Waals surface area contributed by atoms with E-state index in [1.165, 1.54) is 49.3 Å². The summed E-state index contributed by atoms with van der Waals surface area (Å²) in [6.45, 7) is 2.91. The van der Waals surface area contributed by atoms with Gasteiger partial charge in [-0.1, -0.05) is 29.2 Å². The largest absolute Gasteiger partial charge is 0.378 e. The van der Waals surface area contributed by atoms with Crippen molar-refractivity contribution in [3.05, 3.63) is 24.3 Å². The third-order valence-electron chi connectivity index (χ3n) is 3.90. The highest BCUT2D eigenvalue weighted by atomic mass is 32.2. The van der Waals surface area contributed by atoms with E-state index >= 15 is 0 Å². The molecule has 0 bridgehead atoms. The Morgan fingerprint density at radius 1 is 1.32 bits per heavy atom. The van der Waals surface area contributed by atoms with Crippen molar-refractivity contribution in [2.75, 3.05) is 56.4 Å². The van der Waals surface area contributed by atoms with Crippen LogP contribution < -0.4 is 10.2 Å². The molecule has 1 fully saturated rings. The molecule has 3 rings (SSSR count). The quantitative estimate of drug-likeness (QED) is 0.640. The Morgan fingerprint density at radius 3 is 2.79 bits per heavy atom. The van der Waals surface area contributed by atoms with E-state index in [1.807, 2.05) is 0 Å². The van der Waals surface area contributed by atoms with E-state index in [0.29, 0.717) is 23.2 Å². The fraction of sp³-hybridized carbons (Fsp3) is 0.438. The van der Waals surface area contributed by atoms with E-state index in [2.05, 4.69) is 20.4 Å². The third kappa shape index (κ3) is 5.20. The van der Waals surface area contributed by atoms with E-state index < -0.39 is 10.0 Å². The summed E-state index contributed by atoms with van der Waals surface area (Å²) in [4.78, 5) is 14.5. The monoisotopic (exact) mass is 443 g/mol. The van der Waals surface area contributed by atoms with Gasteiger partial charge in [-0.15, -0.1) is 10.2 Å². The number of anilines is 2. The Kier molecular flexibility index (Phi) is 6.88. The van der Waals surface area contributed by atoms with E-state index in [1.54, 1.807) is 12.1 Å². The molecule has 0 unspecified atom stereocenters. The molecule has 2 heterocycles. The molecule has 1 aromatic carbocycles. The van der Waals surface area contributed by atoms with Gasteiger partial charge in [0.2, 0.25) is 21.1 Å². The maximum absolute atomic E-state index is 12.2. The number of amides is 1. The number of carbonyl (C=O) groups excluding carboxylic acids is 1. The molecular formula is C16H21N5O4S3. The fourth-order valence-electron chi connectivity index (χ4n) is 2.41. The topological polar surface area (TPSA) is 105 Å². The lowest BCUT2D eigenvalue weighted by Crippen LogP contribution is -2.36. The van der Waals surface area contributed by atoms with Gasteiger partial charge in [0.25, 0.3) is 0 Å². The fourth-order valence-corrected chi connectivity index (χ4v) is 5.05. The van der Waals surface area contributed by atoms with E-state index in [4.69, 9.17) is 4.74 Å². The maximum atomic E-state index is 12.2. The lowest BCUT2D eigenvalue weighted by Gasteiger charge is -2.25. The molecule has 1 amide bonds. The number of hydrogen-bond donors (Lipinski definition) is 1. The van der Waals surface area contributed by atoms with E-state index in [-0.39, 0.29) is 16.6 Å². The first-order valence-corrected chi connectivity index (χ1v) is 11.7. The number of morpholine rings is 1. The zero-order valence-electron chi connectivity index (χ0n) is 15.5. The van der Waals surface area contributed by atoms with Crippen LogP contribution in [0.25, 0.3) is 0 Å². The molecular weight excluding hydrogens is 422 g/mol. The zero-order chi connectivity index (χ0) is 20.1. The van der Waals surface area contributed by atoms with Crippen LogP contribution in [0.2, 0.25) is 0 Å². The standard InChI is InChI=1S/C16H21N5O4S3/c1-20(2)28(23,24)13-5-3-4-12(10-13)17-14(22)11-26-16-19-18-15(27-16)21-6-8-25-9-7-21/h3-5,10H,6-9,11H2,1-2H3,(H,17,22). The summed E-state index contributed by atoms with van der Waals surface area (Å²) in [6.07, 6.45) is 0. The molecule has 1 aliphatic heterocycles. The minimum Gasteiger partial charge on any atom is -0.378 e. The number of nitrogens with zero attached hydrogens (tertiary/aromatic N) is 4. The molecule has 1 aliphatic rings. The Hall–Kier alpha value is -1.73. The zero-order valence-corrected chi connectivity index (χ0v) is 17.9. The molecule has 0 atom stereocenters. The van der Waals surface area contributed by atoms with Crippen LogP contribution in [0.15, 0.2) is 33.5 Å². The summed E-state index contributed by atoms with van der Waals surface area (Å²) in [7, 11) is -0.626. The number of ether oxygens (including phenoxy) is 1. The van der Waals surface area contributed by atoms with Crippen LogP contribution in [0, 0.1) is 0 Å². The van der Waals surface area contributed by atoms with Gasteiger partial charge in [-0.25, -0.2) is 12.7 Å². The Morgan fingerprint density at radius 2 is 2.07 bits per heavy atom. The summed E-state index contributed by atoms with van der Waals surface area (Å²) in [6, 6.07) is 6.19. The molecule has 0 saturated carbocycles. The van der Waals surface area contributed by atoms with Gasteiger partial charge in [0, 0.05) is 32.9 Å². The minimum absolute atomic E-state index is 0.127. The summed E-state index contributed by atoms with van der Waals surface area (Å²) in [5.41, 5.74) is 0.430. The van der Waals surface area contributed by atoms with Crippen molar-refractivity contribution >= 4 is 49.8 Å². The average Bonchev–Trinajstić information content (AvgIpc) is 3.16. The first-order valence-electron chi connectivity index (χ1n) is 8.48. The molecule has 1 saturated heterocycles. The second-order valence-corrected chi connectivity index (χ2v) is 10.4. The molecule has 1 aromatic heterocycles. The van der Waals surface area contributed by atoms with Crippen LogP contribution in [0.5, 0.6) is 0 Å². The van der Waals surface area contributed by atoms with Crippen molar-refractivity contribution in [3.63, 3.8) is 0 Å². The van der Waals surface area contributed by atoms with Gasteiger partial charge in [-0.2, -0.15) is 0 Å². The highest BCUT2D eigenvalue weighted by Gasteiger charge is 2.18. The lowest BCUT2D eigenvalue weighted by atomic mass is 10.3. The van der Waals surface area contributed by atoms with E-state index in [0.717, 1.165) is 22.5 Å². The molecule has 28 heavy (non-hydrogen) atoms. The predicted octanol–water partition coefficient (Wildman–Crippen LogP) is 1.36. The van der Waals surface area contributed by atoms with Crippen molar-refractivity contribution in [1.29, 1.82) is 0 Å². The lowest BCUT2D eigenvalue weighted by molar-refractivity contribution is -0.113. The Bertz CT molecular complexity index is 926. The maximum Gasteiger partial charge on any atom is 0.242 e. The van der Waals surface area contributed by atoms with Crippen LogP contribution in [0.3, 0.4) is 0 Å². The highest BCUT2D eigenvalue weighted by molar-refractivity contribution is 8.01. The smallest absolute Gasteiger partial charge is 0.242 e. The molecule has 0 spiro atoms. The molecule has 12 heteroatoms. The van der Waals surface area contributed by atoms with Gasteiger partial charge < -0.3 is 15.0 Å². The van der Waals surface area contributed by atoms with Crippen LogP contribution in [-0.2, 0) is 19.6 Å². The van der Waals surface area contributed by atoms with Crippen molar-refractivity contribution in [2.45, 2.75) is 9.24 Å². The van der Waals surface area contributed by atoms with E-state index in [9.17, 15) is 13.2 Å². The van der Waals surface area contributed by atoms with Gasteiger partial charge in [-0.05, 0) is 18.2 Å². The highest BCUT2D eigenvalue weighted by Crippen LogP contribution is 2.28. The second kappa shape index (κ2) is 9.18. The number of sulfonamides is 1. The number of aromatic nitrogens is 2. The molecule has 2 aromatic rings. The number of rotatable bonds is 7. The number of thioether (sulfide) groups is 1. The SMILES string of the molecule is CN(C)S(=O)(=O)c1cccc(NC(=O)CSc2nnc(N3CCOCC3)s2)c1. The number of hydrogen-bond acceptors (Lipinski definition) is 9. The molecule has 1 N–H and O–H groups in total. The number of carbonyl (C=O) groups is 1. The normalized spacial score (nSPS) is 15.0. The van der Waals surface area contributed by atoms with Gasteiger partial charge >= 0.3 is 0 Å².